The molecule has 20 heavy (non-hydrogen) atoms. The lowest BCUT2D eigenvalue weighted by Gasteiger charge is -2.15. The van der Waals surface area contributed by atoms with E-state index in [9.17, 15) is 9.59 Å². The van der Waals surface area contributed by atoms with Crippen molar-refractivity contribution < 1.29 is 9.59 Å². The van der Waals surface area contributed by atoms with Crippen LogP contribution in [0.15, 0.2) is 12.3 Å². The largest absolute Gasteiger partial charge is 0.397 e. The summed E-state index contributed by atoms with van der Waals surface area (Å²) in [5.41, 5.74) is 7.16. The summed E-state index contributed by atoms with van der Waals surface area (Å²) >= 11 is 0. The van der Waals surface area contributed by atoms with Gasteiger partial charge in [0.1, 0.15) is 0 Å². The lowest BCUT2D eigenvalue weighted by Crippen LogP contribution is -2.33. The Kier molecular flexibility index (Phi) is 4.55. The Morgan fingerprint density at radius 1 is 1.40 bits per heavy atom. The van der Waals surface area contributed by atoms with E-state index in [1.165, 1.54) is 6.20 Å². The van der Waals surface area contributed by atoms with Gasteiger partial charge >= 0.3 is 0 Å². The van der Waals surface area contributed by atoms with E-state index in [1.54, 1.807) is 13.0 Å². The highest BCUT2D eigenvalue weighted by atomic mass is 16.2. The van der Waals surface area contributed by atoms with Crippen molar-refractivity contribution in [3.8, 4) is 0 Å². The van der Waals surface area contributed by atoms with Gasteiger partial charge in [-0.3, -0.25) is 14.6 Å². The molecule has 1 aromatic rings. The van der Waals surface area contributed by atoms with Gasteiger partial charge in [-0.2, -0.15) is 0 Å². The Labute approximate surface area is 118 Å². The molecule has 1 aliphatic rings. The average Bonchev–Trinajstić information content (AvgIpc) is 2.95. The SMILES string of the molecule is Cc1ncc(N)cc1C(=O)NCCC(=O)N1CCCC1. The standard InChI is InChI=1S/C14H20N4O2/c1-10-12(8-11(15)9-17-10)14(20)16-5-4-13(19)18-6-2-3-7-18/h8-9H,2-7,15H2,1H3,(H,16,20). The quantitative estimate of drug-likeness (QED) is 0.848. The fourth-order valence-electron chi connectivity index (χ4n) is 2.28. The summed E-state index contributed by atoms with van der Waals surface area (Å²) in [7, 11) is 0. The highest BCUT2D eigenvalue weighted by Crippen LogP contribution is 2.10. The molecule has 0 aliphatic carbocycles. The molecule has 0 atom stereocenters. The van der Waals surface area contributed by atoms with Crippen molar-refractivity contribution in [2.75, 3.05) is 25.4 Å². The number of aryl methyl sites for hydroxylation is 1. The number of carbonyl (C=O) groups excluding carboxylic acids is 2. The molecule has 0 saturated carbocycles. The van der Waals surface area contributed by atoms with Crippen LogP contribution in [0.2, 0.25) is 0 Å². The number of nitrogens with two attached hydrogens (primary N) is 1. The summed E-state index contributed by atoms with van der Waals surface area (Å²) < 4.78 is 0. The van der Waals surface area contributed by atoms with Crippen molar-refractivity contribution >= 4 is 17.5 Å². The van der Waals surface area contributed by atoms with Crippen molar-refractivity contribution in [2.45, 2.75) is 26.2 Å². The molecule has 1 aromatic heterocycles. The topological polar surface area (TPSA) is 88.3 Å². The monoisotopic (exact) mass is 276 g/mol. The summed E-state index contributed by atoms with van der Waals surface area (Å²) in [6.45, 7) is 3.77. The number of hydrogen-bond acceptors (Lipinski definition) is 4. The number of nitrogen functional groups attached to an aromatic ring is 1. The van der Waals surface area contributed by atoms with Crippen molar-refractivity contribution in [3.05, 3.63) is 23.5 Å². The van der Waals surface area contributed by atoms with Gasteiger partial charge in [-0.15, -0.1) is 0 Å². The minimum atomic E-state index is -0.239. The van der Waals surface area contributed by atoms with E-state index in [0.717, 1.165) is 25.9 Å². The zero-order chi connectivity index (χ0) is 14.5. The number of amides is 2. The fourth-order valence-corrected chi connectivity index (χ4v) is 2.28. The van der Waals surface area contributed by atoms with Crippen molar-refractivity contribution in [1.82, 2.24) is 15.2 Å². The predicted octanol–water partition coefficient (Wildman–Crippen LogP) is 0.715. The number of pyridine rings is 1. The summed E-state index contributed by atoms with van der Waals surface area (Å²) in [6, 6.07) is 1.60. The molecule has 1 aliphatic heterocycles. The normalized spacial score (nSPS) is 14.3. The van der Waals surface area contributed by atoms with Gasteiger partial charge in [0.05, 0.1) is 23.1 Å². The molecule has 0 unspecified atom stereocenters. The molecule has 2 heterocycles. The van der Waals surface area contributed by atoms with Crippen LogP contribution in [-0.2, 0) is 4.79 Å². The Balaban J connectivity index is 1.83. The number of anilines is 1. The van der Waals surface area contributed by atoms with Crippen LogP contribution >= 0.6 is 0 Å². The van der Waals surface area contributed by atoms with E-state index in [2.05, 4.69) is 10.3 Å². The lowest BCUT2D eigenvalue weighted by molar-refractivity contribution is -0.129. The molecule has 0 bridgehead atoms. The minimum Gasteiger partial charge on any atom is -0.397 e. The number of nitrogens with zero attached hydrogens (tertiary/aromatic N) is 2. The molecule has 6 heteroatoms. The average molecular weight is 276 g/mol. The van der Waals surface area contributed by atoms with E-state index >= 15 is 0 Å². The first-order valence-electron chi connectivity index (χ1n) is 6.86. The second kappa shape index (κ2) is 6.36. The molecule has 0 aromatic carbocycles. The van der Waals surface area contributed by atoms with Crippen LogP contribution in [0.25, 0.3) is 0 Å². The second-order valence-electron chi connectivity index (χ2n) is 5.00. The third-order valence-electron chi connectivity index (χ3n) is 3.44. The molecule has 1 fully saturated rings. The molecule has 0 radical (unpaired) electrons. The van der Waals surface area contributed by atoms with Crippen LogP contribution < -0.4 is 11.1 Å². The molecule has 2 amide bonds. The second-order valence-corrected chi connectivity index (χ2v) is 5.00. The third kappa shape index (κ3) is 3.46. The number of rotatable bonds is 4. The Hall–Kier alpha value is -2.11. The molecule has 3 N–H and O–H groups in total. The van der Waals surface area contributed by atoms with Crippen LogP contribution in [0.3, 0.4) is 0 Å². The molecule has 108 valence electrons. The predicted molar refractivity (Wildman–Crippen MR) is 76.2 cm³/mol. The Morgan fingerprint density at radius 3 is 2.80 bits per heavy atom. The van der Waals surface area contributed by atoms with E-state index < -0.39 is 0 Å². The smallest absolute Gasteiger partial charge is 0.253 e. The van der Waals surface area contributed by atoms with Gasteiger partial charge in [-0.25, -0.2) is 0 Å². The van der Waals surface area contributed by atoms with Gasteiger partial charge in [0.25, 0.3) is 5.91 Å². The summed E-state index contributed by atoms with van der Waals surface area (Å²) in [4.78, 5) is 29.7. The van der Waals surface area contributed by atoms with Gasteiger partial charge in [0, 0.05) is 26.1 Å². The zero-order valence-electron chi connectivity index (χ0n) is 11.7. The van der Waals surface area contributed by atoms with Gasteiger partial charge in [0.2, 0.25) is 5.91 Å². The van der Waals surface area contributed by atoms with Gasteiger partial charge in [-0.1, -0.05) is 0 Å². The van der Waals surface area contributed by atoms with E-state index in [4.69, 9.17) is 5.73 Å². The van der Waals surface area contributed by atoms with Gasteiger partial charge < -0.3 is 16.0 Å². The van der Waals surface area contributed by atoms with Crippen LogP contribution in [-0.4, -0.2) is 41.3 Å². The van der Waals surface area contributed by atoms with Crippen LogP contribution in [0.5, 0.6) is 0 Å². The Morgan fingerprint density at radius 2 is 2.10 bits per heavy atom. The highest BCUT2D eigenvalue weighted by Gasteiger charge is 2.18. The van der Waals surface area contributed by atoms with Crippen LogP contribution in [0, 0.1) is 6.92 Å². The molecular formula is C14H20N4O2. The van der Waals surface area contributed by atoms with Gasteiger partial charge in [0.15, 0.2) is 0 Å². The number of nitrogens with one attached hydrogen (secondary N) is 1. The fraction of sp³-hybridized carbons (Fsp3) is 0.500. The summed E-state index contributed by atoms with van der Waals surface area (Å²) in [5, 5.41) is 2.74. The number of hydrogen-bond donors (Lipinski definition) is 2. The third-order valence-corrected chi connectivity index (χ3v) is 3.44. The van der Waals surface area contributed by atoms with Crippen LogP contribution in [0.4, 0.5) is 5.69 Å². The first-order chi connectivity index (χ1) is 9.58. The summed E-state index contributed by atoms with van der Waals surface area (Å²) in [5.74, 6) is -0.137. The number of carbonyl (C=O) groups is 2. The van der Waals surface area contributed by atoms with E-state index in [0.29, 0.717) is 29.9 Å². The van der Waals surface area contributed by atoms with Gasteiger partial charge in [-0.05, 0) is 25.8 Å². The maximum absolute atomic E-state index is 12.0. The zero-order valence-corrected chi connectivity index (χ0v) is 11.7. The summed E-state index contributed by atoms with van der Waals surface area (Å²) in [6.07, 6.45) is 4.00. The van der Waals surface area contributed by atoms with Crippen LogP contribution in [0.1, 0.15) is 35.3 Å². The highest BCUT2D eigenvalue weighted by molar-refractivity contribution is 5.96. The molecule has 1 saturated heterocycles. The first-order valence-corrected chi connectivity index (χ1v) is 6.86. The first kappa shape index (κ1) is 14.3. The van der Waals surface area contributed by atoms with Crippen molar-refractivity contribution in [3.63, 3.8) is 0 Å². The van der Waals surface area contributed by atoms with E-state index in [-0.39, 0.29) is 11.8 Å². The molecule has 0 spiro atoms. The minimum absolute atomic E-state index is 0.102. The Bertz CT molecular complexity index is 510. The number of aromatic nitrogens is 1. The van der Waals surface area contributed by atoms with Crippen molar-refractivity contribution in [1.29, 1.82) is 0 Å². The maximum Gasteiger partial charge on any atom is 0.253 e. The maximum atomic E-state index is 12.0. The lowest BCUT2D eigenvalue weighted by atomic mass is 10.2. The van der Waals surface area contributed by atoms with Crippen molar-refractivity contribution in [2.24, 2.45) is 0 Å². The molecule has 2 rings (SSSR count). The molecular weight excluding hydrogens is 256 g/mol. The molecule has 6 nitrogen and oxygen atoms in total. The van der Waals surface area contributed by atoms with E-state index in [1.807, 2.05) is 4.90 Å². The number of likely N-dealkylation sites (tertiary alicyclic amines) is 1.